The first kappa shape index (κ1) is 29.1. The van der Waals surface area contributed by atoms with Crippen LogP contribution in [-0.2, 0) is 28.8 Å². The van der Waals surface area contributed by atoms with Crippen LogP contribution in [0.3, 0.4) is 0 Å². The molecule has 13 nitrogen and oxygen atoms in total. The molecule has 0 aromatic rings. The molecule has 0 rings (SSSR count). The minimum atomic E-state index is -1.49. The molecular formula is C18H30N4O9S. The number of rotatable bonds is 15. The normalized spacial score (nSPS) is 14.5. The van der Waals surface area contributed by atoms with Gasteiger partial charge in [-0.05, 0) is 18.8 Å². The Hall–Kier alpha value is -2.87. The zero-order valence-electron chi connectivity index (χ0n) is 17.7. The third-order valence-corrected chi connectivity index (χ3v) is 4.72. The number of carboxylic acids is 3. The third kappa shape index (κ3) is 10.9. The van der Waals surface area contributed by atoms with E-state index in [-0.39, 0.29) is 18.6 Å². The van der Waals surface area contributed by atoms with E-state index in [1.807, 2.05) is 0 Å². The van der Waals surface area contributed by atoms with Gasteiger partial charge in [-0.25, -0.2) is 4.79 Å². The Bertz CT molecular complexity index is 717. The molecule has 14 heteroatoms. The lowest BCUT2D eigenvalue weighted by Gasteiger charge is -2.26. The molecule has 8 N–H and O–H groups in total. The highest BCUT2D eigenvalue weighted by atomic mass is 32.1. The molecule has 0 aliphatic heterocycles. The second kappa shape index (κ2) is 14.2. The van der Waals surface area contributed by atoms with Crippen LogP contribution in [0.25, 0.3) is 0 Å². The van der Waals surface area contributed by atoms with Crippen molar-refractivity contribution in [2.24, 2.45) is 11.7 Å². The first-order valence-electron chi connectivity index (χ1n) is 9.74. The Morgan fingerprint density at radius 3 is 1.66 bits per heavy atom. The molecule has 0 aliphatic carbocycles. The molecule has 0 spiro atoms. The third-order valence-electron chi connectivity index (χ3n) is 4.32. The van der Waals surface area contributed by atoms with E-state index >= 15 is 0 Å². The molecule has 32 heavy (non-hydrogen) atoms. The van der Waals surface area contributed by atoms with Crippen molar-refractivity contribution in [2.45, 2.75) is 63.7 Å². The number of nitrogens with two attached hydrogens (primary N) is 1. The summed E-state index contributed by atoms with van der Waals surface area (Å²) in [6, 6.07) is -5.10. The molecule has 182 valence electrons. The summed E-state index contributed by atoms with van der Waals surface area (Å²) in [5, 5.41) is 33.7. The van der Waals surface area contributed by atoms with Gasteiger partial charge in [-0.3, -0.25) is 24.0 Å². The molecule has 0 aromatic carbocycles. The zero-order chi connectivity index (χ0) is 25.0. The fourth-order valence-electron chi connectivity index (χ4n) is 2.47. The summed E-state index contributed by atoms with van der Waals surface area (Å²) >= 11 is 3.88. The van der Waals surface area contributed by atoms with E-state index in [1.165, 1.54) is 0 Å². The van der Waals surface area contributed by atoms with Crippen LogP contribution in [0.15, 0.2) is 0 Å². The Labute approximate surface area is 189 Å². The van der Waals surface area contributed by atoms with Crippen LogP contribution in [0.1, 0.15) is 39.5 Å². The fraction of sp³-hybridized carbons (Fsp3) is 0.667. The molecule has 0 saturated carbocycles. The minimum Gasteiger partial charge on any atom is -0.481 e. The molecular weight excluding hydrogens is 448 g/mol. The highest BCUT2D eigenvalue weighted by molar-refractivity contribution is 7.80. The Balaban J connectivity index is 5.42. The van der Waals surface area contributed by atoms with Gasteiger partial charge in [-0.15, -0.1) is 0 Å². The number of thiol groups is 1. The average Bonchev–Trinajstić information content (AvgIpc) is 2.70. The van der Waals surface area contributed by atoms with Gasteiger partial charge in [-0.2, -0.15) is 12.6 Å². The van der Waals surface area contributed by atoms with Crippen LogP contribution in [-0.4, -0.2) is 80.9 Å². The molecule has 4 atom stereocenters. The van der Waals surface area contributed by atoms with Gasteiger partial charge in [-0.1, -0.05) is 13.8 Å². The van der Waals surface area contributed by atoms with Crippen LogP contribution in [0, 0.1) is 5.92 Å². The maximum Gasteiger partial charge on any atom is 0.326 e. The van der Waals surface area contributed by atoms with Gasteiger partial charge in [0.2, 0.25) is 17.7 Å². The van der Waals surface area contributed by atoms with E-state index in [0.717, 1.165) is 0 Å². The van der Waals surface area contributed by atoms with Gasteiger partial charge in [0, 0.05) is 18.6 Å². The number of carbonyl (C=O) groups is 6. The summed E-state index contributed by atoms with van der Waals surface area (Å²) < 4.78 is 0. The first-order valence-corrected chi connectivity index (χ1v) is 10.4. The lowest BCUT2D eigenvalue weighted by atomic mass is 10.0. The van der Waals surface area contributed by atoms with E-state index < -0.39 is 78.6 Å². The van der Waals surface area contributed by atoms with Crippen LogP contribution in [0.5, 0.6) is 0 Å². The van der Waals surface area contributed by atoms with Crippen molar-refractivity contribution < 1.29 is 44.1 Å². The van der Waals surface area contributed by atoms with Crippen molar-refractivity contribution in [3.05, 3.63) is 0 Å². The number of hydrogen-bond acceptors (Lipinski definition) is 8. The fourth-order valence-corrected chi connectivity index (χ4v) is 2.64. The van der Waals surface area contributed by atoms with Crippen molar-refractivity contribution in [3.8, 4) is 0 Å². The molecule has 0 aromatic heterocycles. The minimum absolute atomic E-state index is 0.0248. The standard InChI is InChI=1S/C18H30N4O9S/c1-8(2)14(17(29)21-11(18(30)31)4-6-13(25)26)22-16(28)10(3-5-12(23)24)20-15(27)9(19)7-32/h8-11,14,32H,3-7,19H2,1-2H3,(H,20,27)(H,21,29)(H,22,28)(H,23,24)(H,25,26)(H,30,31). The van der Waals surface area contributed by atoms with E-state index in [9.17, 15) is 33.9 Å². The Morgan fingerprint density at radius 2 is 1.25 bits per heavy atom. The average molecular weight is 479 g/mol. The first-order chi connectivity index (χ1) is 14.8. The number of carboxylic acid groups (broad SMARTS) is 3. The van der Waals surface area contributed by atoms with Gasteiger partial charge >= 0.3 is 17.9 Å². The number of nitrogens with one attached hydrogen (secondary N) is 3. The summed E-state index contributed by atoms with van der Waals surface area (Å²) in [5.41, 5.74) is 5.55. The largest absolute Gasteiger partial charge is 0.481 e. The predicted octanol–water partition coefficient (Wildman–Crippen LogP) is -1.83. The zero-order valence-corrected chi connectivity index (χ0v) is 18.6. The summed E-state index contributed by atoms with van der Waals surface area (Å²) in [6.07, 6.45) is -1.60. The van der Waals surface area contributed by atoms with Crippen molar-refractivity contribution in [1.82, 2.24) is 16.0 Å². The smallest absolute Gasteiger partial charge is 0.326 e. The van der Waals surface area contributed by atoms with Crippen LogP contribution in [0.4, 0.5) is 0 Å². The second-order valence-corrected chi connectivity index (χ2v) is 7.71. The van der Waals surface area contributed by atoms with Crippen molar-refractivity contribution in [2.75, 3.05) is 5.75 Å². The molecule has 0 radical (unpaired) electrons. The highest BCUT2D eigenvalue weighted by Gasteiger charge is 2.32. The second-order valence-electron chi connectivity index (χ2n) is 7.34. The monoisotopic (exact) mass is 478 g/mol. The number of aliphatic carboxylic acids is 3. The van der Waals surface area contributed by atoms with E-state index in [0.29, 0.717) is 0 Å². The topological polar surface area (TPSA) is 225 Å². The van der Waals surface area contributed by atoms with Crippen molar-refractivity contribution in [3.63, 3.8) is 0 Å². The maximum atomic E-state index is 12.7. The van der Waals surface area contributed by atoms with E-state index in [4.69, 9.17) is 15.9 Å². The Morgan fingerprint density at radius 1 is 0.781 bits per heavy atom. The highest BCUT2D eigenvalue weighted by Crippen LogP contribution is 2.07. The Kier molecular flexibility index (Phi) is 13.0. The molecule has 0 saturated heterocycles. The molecule has 0 aliphatic rings. The van der Waals surface area contributed by atoms with Crippen LogP contribution < -0.4 is 21.7 Å². The van der Waals surface area contributed by atoms with Gasteiger partial charge in [0.15, 0.2) is 0 Å². The van der Waals surface area contributed by atoms with Crippen molar-refractivity contribution in [1.29, 1.82) is 0 Å². The SMILES string of the molecule is CC(C)C(NC(=O)C(CCC(=O)O)NC(=O)C(N)CS)C(=O)NC(CCC(=O)O)C(=O)O. The summed E-state index contributed by atoms with van der Waals surface area (Å²) in [4.78, 5) is 70.2. The lowest BCUT2D eigenvalue weighted by molar-refractivity contribution is -0.143. The van der Waals surface area contributed by atoms with Crippen LogP contribution in [0.2, 0.25) is 0 Å². The number of amides is 3. The quantitative estimate of drug-likeness (QED) is 0.123. The molecule has 3 amide bonds. The number of carbonyl (C=O) groups excluding carboxylic acids is 3. The molecule has 0 bridgehead atoms. The van der Waals surface area contributed by atoms with Gasteiger partial charge < -0.3 is 37.0 Å². The molecule has 4 unspecified atom stereocenters. The van der Waals surface area contributed by atoms with E-state index in [2.05, 4.69) is 28.6 Å². The predicted molar refractivity (Wildman–Crippen MR) is 114 cm³/mol. The van der Waals surface area contributed by atoms with Crippen LogP contribution >= 0.6 is 12.6 Å². The summed E-state index contributed by atoms with van der Waals surface area (Å²) in [7, 11) is 0. The molecule has 0 heterocycles. The van der Waals surface area contributed by atoms with Crippen molar-refractivity contribution >= 4 is 48.3 Å². The van der Waals surface area contributed by atoms with E-state index in [1.54, 1.807) is 13.8 Å². The summed E-state index contributed by atoms with van der Waals surface area (Å²) in [5.74, 6) is -6.92. The van der Waals surface area contributed by atoms with Gasteiger partial charge in [0.25, 0.3) is 0 Å². The summed E-state index contributed by atoms with van der Waals surface area (Å²) in [6.45, 7) is 3.14. The number of hydrogen-bond donors (Lipinski definition) is 8. The molecule has 0 fully saturated rings. The maximum absolute atomic E-state index is 12.7. The van der Waals surface area contributed by atoms with Gasteiger partial charge in [0.05, 0.1) is 6.04 Å². The van der Waals surface area contributed by atoms with Gasteiger partial charge in [0.1, 0.15) is 18.1 Å². The lowest BCUT2D eigenvalue weighted by Crippen LogP contribution is -2.58.